The first-order chi connectivity index (χ1) is 8.33. The number of rotatable bonds is 2. The van der Waals surface area contributed by atoms with E-state index in [0.29, 0.717) is 5.58 Å². The first kappa shape index (κ1) is 9.84. The van der Waals surface area contributed by atoms with E-state index in [0.717, 1.165) is 16.9 Å². The number of aromatic nitrogens is 2. The van der Waals surface area contributed by atoms with E-state index in [-0.39, 0.29) is 0 Å². The molecule has 0 radical (unpaired) electrons. The minimum atomic E-state index is 0.683. The number of hydrogen-bond donors (Lipinski definition) is 1. The molecule has 0 aliphatic rings. The lowest BCUT2D eigenvalue weighted by Gasteiger charge is -2.06. The van der Waals surface area contributed by atoms with E-state index in [1.165, 1.54) is 5.56 Å². The van der Waals surface area contributed by atoms with Crippen LogP contribution in [0.15, 0.2) is 47.0 Å². The van der Waals surface area contributed by atoms with E-state index in [1.54, 1.807) is 0 Å². The fraction of sp³-hybridized carbons (Fsp3) is 0.0769. The molecule has 0 amide bonds. The molecule has 2 aromatic carbocycles. The van der Waals surface area contributed by atoms with Gasteiger partial charge < -0.3 is 9.84 Å². The Morgan fingerprint density at radius 1 is 1.06 bits per heavy atom. The topological polar surface area (TPSA) is 51.0 Å². The quantitative estimate of drug-likeness (QED) is 0.727. The van der Waals surface area contributed by atoms with Crippen LogP contribution in [0.4, 0.5) is 11.4 Å². The largest absolute Gasteiger partial charge is 0.354 e. The molecule has 0 atom stereocenters. The van der Waals surface area contributed by atoms with Crippen molar-refractivity contribution in [2.75, 3.05) is 5.32 Å². The number of hydrogen-bond acceptors (Lipinski definition) is 4. The van der Waals surface area contributed by atoms with Crippen molar-refractivity contribution in [3.05, 3.63) is 48.0 Å². The fourth-order valence-electron chi connectivity index (χ4n) is 1.70. The molecule has 0 bridgehead atoms. The molecule has 0 spiro atoms. The number of aryl methyl sites for hydroxylation is 1. The summed E-state index contributed by atoms with van der Waals surface area (Å²) in [5.74, 6) is 0. The van der Waals surface area contributed by atoms with E-state index >= 15 is 0 Å². The predicted molar refractivity (Wildman–Crippen MR) is 66.3 cm³/mol. The molecule has 0 fully saturated rings. The van der Waals surface area contributed by atoms with Crippen molar-refractivity contribution in [1.29, 1.82) is 0 Å². The average Bonchev–Trinajstić information content (AvgIpc) is 2.81. The molecule has 3 rings (SSSR count). The molecule has 84 valence electrons. The molecule has 1 heterocycles. The molecule has 4 heteroatoms. The Hall–Kier alpha value is -2.36. The zero-order valence-corrected chi connectivity index (χ0v) is 9.34. The second-order valence-electron chi connectivity index (χ2n) is 3.92. The maximum absolute atomic E-state index is 5.01. The Morgan fingerprint density at radius 2 is 1.88 bits per heavy atom. The monoisotopic (exact) mass is 225 g/mol. The van der Waals surface area contributed by atoms with Crippen LogP contribution in [0.5, 0.6) is 0 Å². The molecule has 1 N–H and O–H groups in total. The summed E-state index contributed by atoms with van der Waals surface area (Å²) in [5, 5.41) is 10.8. The second kappa shape index (κ2) is 3.90. The van der Waals surface area contributed by atoms with E-state index in [4.69, 9.17) is 4.52 Å². The zero-order valence-electron chi connectivity index (χ0n) is 9.34. The normalized spacial score (nSPS) is 10.6. The van der Waals surface area contributed by atoms with Crippen molar-refractivity contribution in [2.45, 2.75) is 6.92 Å². The molecule has 17 heavy (non-hydrogen) atoms. The third-order valence-corrected chi connectivity index (χ3v) is 2.61. The van der Waals surface area contributed by atoms with Crippen LogP contribution in [0.3, 0.4) is 0 Å². The van der Waals surface area contributed by atoms with Crippen LogP contribution >= 0.6 is 0 Å². The highest BCUT2D eigenvalue weighted by molar-refractivity contribution is 5.88. The Morgan fingerprint density at radius 3 is 2.71 bits per heavy atom. The molecule has 0 unspecified atom stereocenters. The minimum Gasteiger partial charge on any atom is -0.354 e. The van der Waals surface area contributed by atoms with Gasteiger partial charge in [0.1, 0.15) is 0 Å². The number of nitrogens with zero attached hydrogens (tertiary/aromatic N) is 2. The molecular weight excluding hydrogens is 214 g/mol. The van der Waals surface area contributed by atoms with Crippen molar-refractivity contribution in [3.63, 3.8) is 0 Å². The number of anilines is 2. The van der Waals surface area contributed by atoms with E-state index < -0.39 is 0 Å². The Labute approximate surface area is 98.2 Å². The Kier molecular flexibility index (Phi) is 2.26. The molecular formula is C13H11N3O. The Bertz CT molecular complexity index is 643. The van der Waals surface area contributed by atoms with Gasteiger partial charge in [-0.3, -0.25) is 0 Å². The van der Waals surface area contributed by atoms with Gasteiger partial charge in [0.15, 0.2) is 11.1 Å². The standard InChI is InChI=1S/C13H11N3O/c1-9-5-7-10(8-6-9)14-11-3-2-4-12-13(11)15-16-17-12/h2-8,14H,1H3. The number of nitrogens with one attached hydrogen (secondary N) is 1. The summed E-state index contributed by atoms with van der Waals surface area (Å²) < 4.78 is 5.01. The SMILES string of the molecule is Cc1ccc(Nc2cccc3onnc23)cc1. The lowest BCUT2D eigenvalue weighted by atomic mass is 10.2. The van der Waals surface area contributed by atoms with Crippen molar-refractivity contribution in [1.82, 2.24) is 10.4 Å². The summed E-state index contributed by atoms with van der Waals surface area (Å²) >= 11 is 0. The van der Waals surface area contributed by atoms with E-state index in [2.05, 4.69) is 34.7 Å². The summed E-state index contributed by atoms with van der Waals surface area (Å²) in [5.41, 5.74) is 4.57. The zero-order chi connectivity index (χ0) is 11.7. The molecule has 0 saturated carbocycles. The summed E-state index contributed by atoms with van der Waals surface area (Å²) in [7, 11) is 0. The van der Waals surface area contributed by atoms with Gasteiger partial charge in [-0.15, -0.1) is 5.10 Å². The molecule has 0 aliphatic carbocycles. The lowest BCUT2D eigenvalue weighted by molar-refractivity contribution is 0.424. The Balaban J connectivity index is 1.99. The van der Waals surface area contributed by atoms with Gasteiger partial charge in [0.05, 0.1) is 5.69 Å². The van der Waals surface area contributed by atoms with Crippen LogP contribution in [0, 0.1) is 6.92 Å². The maximum atomic E-state index is 5.01. The summed E-state index contributed by atoms with van der Waals surface area (Å²) in [4.78, 5) is 0. The molecule has 0 aliphatic heterocycles. The summed E-state index contributed by atoms with van der Waals surface area (Å²) in [6.45, 7) is 2.06. The predicted octanol–water partition coefficient (Wildman–Crippen LogP) is 3.27. The van der Waals surface area contributed by atoms with Gasteiger partial charge in [-0.05, 0) is 31.2 Å². The smallest absolute Gasteiger partial charge is 0.189 e. The van der Waals surface area contributed by atoms with Crippen molar-refractivity contribution < 1.29 is 4.52 Å². The first-order valence-corrected chi connectivity index (χ1v) is 5.38. The van der Waals surface area contributed by atoms with Crippen LogP contribution in [0.2, 0.25) is 0 Å². The minimum absolute atomic E-state index is 0.683. The third-order valence-electron chi connectivity index (χ3n) is 2.61. The highest BCUT2D eigenvalue weighted by atomic mass is 16.5. The second-order valence-corrected chi connectivity index (χ2v) is 3.92. The van der Waals surface area contributed by atoms with Crippen LogP contribution < -0.4 is 5.32 Å². The van der Waals surface area contributed by atoms with Gasteiger partial charge in [-0.2, -0.15) is 0 Å². The van der Waals surface area contributed by atoms with Crippen LogP contribution in [-0.4, -0.2) is 10.4 Å². The molecule has 1 aromatic heterocycles. The van der Waals surface area contributed by atoms with Crippen LogP contribution in [-0.2, 0) is 0 Å². The highest BCUT2D eigenvalue weighted by Gasteiger charge is 2.05. The van der Waals surface area contributed by atoms with Crippen molar-refractivity contribution in [3.8, 4) is 0 Å². The van der Waals surface area contributed by atoms with Gasteiger partial charge in [0.25, 0.3) is 0 Å². The average molecular weight is 225 g/mol. The van der Waals surface area contributed by atoms with Gasteiger partial charge in [0.2, 0.25) is 0 Å². The van der Waals surface area contributed by atoms with Crippen LogP contribution in [0.25, 0.3) is 11.1 Å². The van der Waals surface area contributed by atoms with E-state index in [1.807, 2.05) is 30.3 Å². The van der Waals surface area contributed by atoms with Crippen molar-refractivity contribution >= 4 is 22.5 Å². The number of fused-ring (bicyclic) bond motifs is 1. The van der Waals surface area contributed by atoms with Gasteiger partial charge in [-0.1, -0.05) is 23.8 Å². The highest BCUT2D eigenvalue weighted by Crippen LogP contribution is 2.24. The third kappa shape index (κ3) is 1.85. The first-order valence-electron chi connectivity index (χ1n) is 5.38. The summed E-state index contributed by atoms with van der Waals surface area (Å²) in [6, 6.07) is 13.9. The van der Waals surface area contributed by atoms with Gasteiger partial charge in [-0.25, -0.2) is 0 Å². The lowest BCUT2D eigenvalue weighted by Crippen LogP contribution is -1.91. The van der Waals surface area contributed by atoms with Gasteiger partial charge in [0, 0.05) is 11.0 Å². The number of benzene rings is 2. The molecule has 0 saturated heterocycles. The van der Waals surface area contributed by atoms with Crippen LogP contribution in [0.1, 0.15) is 5.56 Å². The van der Waals surface area contributed by atoms with Crippen molar-refractivity contribution in [2.24, 2.45) is 0 Å². The summed E-state index contributed by atoms with van der Waals surface area (Å²) in [6.07, 6.45) is 0. The molecule has 4 nitrogen and oxygen atoms in total. The van der Waals surface area contributed by atoms with E-state index in [9.17, 15) is 0 Å². The van der Waals surface area contributed by atoms with Gasteiger partial charge >= 0.3 is 0 Å². The fourth-order valence-corrected chi connectivity index (χ4v) is 1.70. The maximum Gasteiger partial charge on any atom is 0.189 e. The molecule has 3 aromatic rings.